The predicted octanol–water partition coefficient (Wildman–Crippen LogP) is 5.51. The number of carbonyl (C=O) groups is 1. The van der Waals surface area contributed by atoms with Crippen molar-refractivity contribution < 1.29 is 9.53 Å². The number of amides is 1. The zero-order chi connectivity index (χ0) is 24.9. The van der Waals surface area contributed by atoms with Crippen LogP contribution in [0.1, 0.15) is 19.3 Å². The van der Waals surface area contributed by atoms with E-state index in [-0.39, 0.29) is 5.92 Å². The zero-order valence-corrected chi connectivity index (χ0v) is 20.9. The van der Waals surface area contributed by atoms with E-state index in [4.69, 9.17) is 9.72 Å². The maximum atomic E-state index is 12.6. The molecule has 2 fully saturated rings. The van der Waals surface area contributed by atoms with Gasteiger partial charge in [0.1, 0.15) is 17.1 Å². The molecule has 1 saturated carbocycles. The van der Waals surface area contributed by atoms with E-state index in [1.807, 2.05) is 18.3 Å². The number of ether oxygens (including phenoxy) is 1. The quantitative estimate of drug-likeness (QED) is 0.340. The molecule has 0 spiro atoms. The minimum absolute atomic E-state index is 0.278. The lowest BCUT2D eigenvalue weighted by Crippen LogP contribution is -2.30. The van der Waals surface area contributed by atoms with Crippen molar-refractivity contribution in [3.63, 3.8) is 0 Å². The summed E-state index contributed by atoms with van der Waals surface area (Å²) in [6.07, 6.45) is 4.98. The predicted molar refractivity (Wildman–Crippen MR) is 144 cm³/mol. The third kappa shape index (κ3) is 3.95. The van der Waals surface area contributed by atoms with E-state index in [9.17, 15) is 4.79 Å². The first-order valence-corrected chi connectivity index (χ1v) is 13.0. The van der Waals surface area contributed by atoms with Gasteiger partial charge in [-0.3, -0.25) is 9.89 Å². The van der Waals surface area contributed by atoms with E-state index in [1.165, 1.54) is 0 Å². The number of benzene rings is 3. The molecular weight excluding hydrogens is 462 g/mol. The Morgan fingerprint density at radius 3 is 2.65 bits per heavy atom. The molecule has 7 heteroatoms. The molecule has 1 aliphatic carbocycles. The second-order valence-corrected chi connectivity index (χ2v) is 10.3. The van der Waals surface area contributed by atoms with Gasteiger partial charge in [0.2, 0.25) is 5.91 Å². The molecule has 1 atom stereocenters. The van der Waals surface area contributed by atoms with Crippen molar-refractivity contribution in [2.75, 3.05) is 20.2 Å². The maximum absolute atomic E-state index is 12.6. The summed E-state index contributed by atoms with van der Waals surface area (Å²) in [7, 11) is 1.69. The van der Waals surface area contributed by atoms with Crippen LogP contribution in [0, 0.1) is 11.8 Å². The van der Waals surface area contributed by atoms with Crippen LogP contribution in [-0.4, -0.2) is 50.8 Å². The number of para-hydroxylation sites is 1. The molecule has 1 amide bonds. The highest BCUT2D eigenvalue weighted by molar-refractivity contribution is 5.87. The Morgan fingerprint density at radius 2 is 1.84 bits per heavy atom. The fraction of sp³-hybridized carbons (Fsp3) is 0.300. The van der Waals surface area contributed by atoms with Gasteiger partial charge in [-0.05, 0) is 54.5 Å². The molecule has 186 valence electrons. The Labute approximate surface area is 215 Å². The number of fused-ring (bicyclic) bond motifs is 2. The summed E-state index contributed by atoms with van der Waals surface area (Å²) in [5.74, 6) is 2.75. The van der Waals surface area contributed by atoms with Gasteiger partial charge >= 0.3 is 0 Å². The second kappa shape index (κ2) is 8.76. The van der Waals surface area contributed by atoms with E-state index < -0.39 is 0 Å². The summed E-state index contributed by atoms with van der Waals surface area (Å²) in [6, 6.07) is 21.0. The number of nitrogens with zero attached hydrogens (tertiary/aromatic N) is 4. The molecule has 2 aliphatic rings. The molecule has 3 aromatic carbocycles. The highest BCUT2D eigenvalue weighted by atomic mass is 16.5. The average molecular weight is 492 g/mol. The number of imidazole rings is 1. The maximum Gasteiger partial charge on any atom is 0.225 e. The number of hydrogen-bond acceptors (Lipinski definition) is 4. The minimum Gasteiger partial charge on any atom is -0.494 e. The molecule has 7 nitrogen and oxygen atoms in total. The Hall–Kier alpha value is -4.13. The summed E-state index contributed by atoms with van der Waals surface area (Å²) in [5, 5.41) is 8.29. The highest BCUT2D eigenvalue weighted by Gasteiger charge is 2.36. The molecule has 7 rings (SSSR count). The van der Waals surface area contributed by atoms with Gasteiger partial charge in [0, 0.05) is 36.5 Å². The largest absolute Gasteiger partial charge is 0.494 e. The molecule has 1 aliphatic heterocycles. The Kier molecular flexibility index (Phi) is 5.23. The lowest BCUT2D eigenvalue weighted by atomic mass is 10.0. The van der Waals surface area contributed by atoms with E-state index in [2.05, 4.69) is 68.2 Å². The number of likely N-dealkylation sites (tertiary alicyclic amines) is 1. The Bertz CT molecular complexity index is 1610. The Morgan fingerprint density at radius 1 is 1.03 bits per heavy atom. The van der Waals surface area contributed by atoms with Crippen molar-refractivity contribution in [1.82, 2.24) is 24.6 Å². The van der Waals surface area contributed by atoms with Crippen LogP contribution < -0.4 is 4.74 Å². The van der Waals surface area contributed by atoms with Gasteiger partial charge in [-0.1, -0.05) is 42.5 Å². The van der Waals surface area contributed by atoms with Crippen molar-refractivity contribution in [2.24, 2.45) is 11.8 Å². The smallest absolute Gasteiger partial charge is 0.225 e. The van der Waals surface area contributed by atoms with Crippen LogP contribution in [0.5, 0.6) is 5.75 Å². The molecule has 2 aromatic heterocycles. The van der Waals surface area contributed by atoms with Crippen molar-refractivity contribution in [1.29, 1.82) is 0 Å². The third-order valence-corrected chi connectivity index (χ3v) is 7.85. The number of carbonyl (C=O) groups excluding carboxylic acids is 1. The highest BCUT2D eigenvalue weighted by Crippen LogP contribution is 2.36. The summed E-state index contributed by atoms with van der Waals surface area (Å²) in [4.78, 5) is 19.8. The van der Waals surface area contributed by atoms with Gasteiger partial charge in [0.15, 0.2) is 0 Å². The van der Waals surface area contributed by atoms with Crippen LogP contribution in [-0.2, 0) is 11.3 Å². The standard InChI is InChI=1S/C30H29N5O2/c1-37-27-4-2-3-26-28(27)32-29(35(26)18-19-13-14-34(17-19)30(36)22-9-10-22)21-7-5-20(6-8-21)23-11-12-24-16-31-33-25(24)15-23/h2-8,11-12,15-16,19,22H,9-10,13-14,17-18H2,1H3,(H,31,33)/t19-/m1/s1. The fourth-order valence-electron chi connectivity index (χ4n) is 5.65. The average Bonchev–Trinajstić information content (AvgIpc) is 3.32. The van der Waals surface area contributed by atoms with Crippen molar-refractivity contribution in [3.05, 3.63) is 66.9 Å². The molecule has 3 heterocycles. The number of H-pyrrole nitrogens is 1. The number of aromatic nitrogens is 4. The van der Waals surface area contributed by atoms with E-state index in [1.54, 1.807) is 7.11 Å². The molecule has 37 heavy (non-hydrogen) atoms. The van der Waals surface area contributed by atoms with Crippen LogP contribution in [0.25, 0.3) is 44.5 Å². The molecule has 1 N–H and O–H groups in total. The SMILES string of the molecule is COc1cccc2c1nc(-c1ccc(-c3ccc4cn[nH]c4c3)cc1)n2C[C@@H]1CCN(C(=O)C2CC2)C1. The van der Waals surface area contributed by atoms with E-state index in [0.717, 1.165) is 89.1 Å². The first-order chi connectivity index (χ1) is 18.2. The number of methoxy groups -OCH3 is 1. The monoisotopic (exact) mass is 491 g/mol. The first kappa shape index (κ1) is 22.1. The van der Waals surface area contributed by atoms with Crippen molar-refractivity contribution in [2.45, 2.75) is 25.8 Å². The van der Waals surface area contributed by atoms with Gasteiger partial charge in [-0.25, -0.2) is 4.98 Å². The topological polar surface area (TPSA) is 76.0 Å². The first-order valence-electron chi connectivity index (χ1n) is 13.0. The van der Waals surface area contributed by atoms with Crippen LogP contribution in [0.15, 0.2) is 66.9 Å². The van der Waals surface area contributed by atoms with Crippen molar-refractivity contribution in [3.8, 4) is 28.3 Å². The molecule has 0 unspecified atom stereocenters. The summed E-state index contributed by atoms with van der Waals surface area (Å²) in [5.41, 5.74) is 6.32. The van der Waals surface area contributed by atoms with Gasteiger partial charge in [-0.15, -0.1) is 0 Å². The number of nitrogens with one attached hydrogen (secondary N) is 1. The zero-order valence-electron chi connectivity index (χ0n) is 20.9. The van der Waals surface area contributed by atoms with Gasteiger partial charge < -0.3 is 14.2 Å². The van der Waals surface area contributed by atoms with Crippen LogP contribution in [0.2, 0.25) is 0 Å². The molecular formula is C30H29N5O2. The molecule has 0 bridgehead atoms. The molecule has 1 saturated heterocycles. The van der Waals surface area contributed by atoms with Gasteiger partial charge in [0.25, 0.3) is 0 Å². The summed E-state index contributed by atoms with van der Waals surface area (Å²) >= 11 is 0. The third-order valence-electron chi connectivity index (χ3n) is 7.85. The second-order valence-electron chi connectivity index (χ2n) is 10.3. The summed E-state index contributed by atoms with van der Waals surface area (Å²) in [6.45, 7) is 2.51. The number of rotatable bonds is 6. The van der Waals surface area contributed by atoms with Crippen LogP contribution >= 0.6 is 0 Å². The number of hydrogen-bond donors (Lipinski definition) is 1. The fourth-order valence-corrected chi connectivity index (χ4v) is 5.65. The lowest BCUT2D eigenvalue weighted by Gasteiger charge is -2.18. The van der Waals surface area contributed by atoms with Gasteiger partial charge in [-0.2, -0.15) is 5.10 Å². The number of aromatic amines is 1. The Balaban J connectivity index is 1.23. The van der Waals surface area contributed by atoms with E-state index >= 15 is 0 Å². The van der Waals surface area contributed by atoms with E-state index in [0.29, 0.717) is 11.8 Å². The van der Waals surface area contributed by atoms with Crippen LogP contribution in [0.3, 0.4) is 0 Å². The molecule has 5 aromatic rings. The minimum atomic E-state index is 0.278. The molecule has 0 radical (unpaired) electrons. The summed E-state index contributed by atoms with van der Waals surface area (Å²) < 4.78 is 7.97. The van der Waals surface area contributed by atoms with Crippen molar-refractivity contribution >= 4 is 27.8 Å². The van der Waals surface area contributed by atoms with Gasteiger partial charge in [0.05, 0.1) is 24.3 Å². The normalized spacial score (nSPS) is 17.6. The van der Waals surface area contributed by atoms with Crippen LogP contribution in [0.4, 0.5) is 0 Å². The lowest BCUT2D eigenvalue weighted by molar-refractivity contribution is -0.131.